The van der Waals surface area contributed by atoms with Crippen molar-refractivity contribution < 1.29 is 29.0 Å². The third-order valence-corrected chi connectivity index (χ3v) is 2.62. The Bertz CT molecular complexity index is 345. The summed E-state index contributed by atoms with van der Waals surface area (Å²) in [5.74, 6) is -2.38. The number of carbonyl (C=O) groups excluding carboxylic acids is 2. The molecule has 0 saturated carbocycles. The van der Waals surface area contributed by atoms with Crippen LogP contribution in [0, 0.1) is 5.92 Å². The minimum Gasteiger partial charge on any atom is -0.481 e. The predicted molar refractivity (Wildman–Crippen MR) is 58.9 cm³/mol. The Morgan fingerprint density at radius 1 is 1.39 bits per heavy atom. The van der Waals surface area contributed by atoms with Gasteiger partial charge in [0.2, 0.25) is 0 Å². The van der Waals surface area contributed by atoms with Crippen LogP contribution in [0.5, 0.6) is 0 Å². The Morgan fingerprint density at radius 3 is 2.61 bits per heavy atom. The number of esters is 1. The van der Waals surface area contributed by atoms with Crippen LogP contribution in [-0.2, 0) is 19.1 Å². The zero-order valence-electron chi connectivity index (χ0n) is 10.1. The van der Waals surface area contributed by atoms with Gasteiger partial charge in [0.1, 0.15) is 12.0 Å². The summed E-state index contributed by atoms with van der Waals surface area (Å²) in [5.41, 5.74) is 0. The third kappa shape index (κ3) is 3.59. The summed E-state index contributed by atoms with van der Waals surface area (Å²) in [5, 5.41) is 13.7. The predicted octanol–water partition coefficient (Wildman–Crippen LogP) is -1.05. The van der Waals surface area contributed by atoms with Crippen molar-refractivity contribution in [2.24, 2.45) is 5.92 Å². The summed E-state index contributed by atoms with van der Waals surface area (Å²) >= 11 is 0. The number of hydrogen-bond donors (Lipinski definition) is 3. The number of amides is 2. The van der Waals surface area contributed by atoms with E-state index in [1.54, 1.807) is 0 Å². The van der Waals surface area contributed by atoms with Crippen molar-refractivity contribution >= 4 is 18.0 Å². The molecule has 8 heteroatoms. The molecule has 102 valence electrons. The maximum Gasteiger partial charge on any atom is 0.328 e. The van der Waals surface area contributed by atoms with E-state index in [-0.39, 0.29) is 13.2 Å². The number of hydrogen-bond acceptors (Lipinski definition) is 5. The van der Waals surface area contributed by atoms with Gasteiger partial charge in [-0.2, -0.15) is 0 Å². The molecule has 0 aromatic rings. The molecule has 0 radical (unpaired) electrons. The van der Waals surface area contributed by atoms with E-state index in [0.717, 1.165) is 0 Å². The van der Waals surface area contributed by atoms with Crippen molar-refractivity contribution in [3.8, 4) is 0 Å². The Balaban J connectivity index is 2.45. The maximum absolute atomic E-state index is 11.5. The van der Waals surface area contributed by atoms with Gasteiger partial charge in [-0.3, -0.25) is 4.79 Å². The van der Waals surface area contributed by atoms with E-state index in [1.165, 1.54) is 14.0 Å². The SMILES string of the molecule is COC(=O)C(C)NC(=O)NC1COCC1C(=O)O. The van der Waals surface area contributed by atoms with Crippen LogP contribution < -0.4 is 10.6 Å². The van der Waals surface area contributed by atoms with Crippen molar-refractivity contribution in [1.29, 1.82) is 0 Å². The fraction of sp³-hybridized carbons (Fsp3) is 0.700. The standard InChI is InChI=1S/C10H16N2O6/c1-5(9(15)17-2)11-10(16)12-7-4-18-3-6(7)8(13)14/h5-7H,3-4H2,1-2H3,(H,13,14)(H2,11,12,16). The van der Waals surface area contributed by atoms with Gasteiger partial charge in [-0.1, -0.05) is 0 Å². The highest BCUT2D eigenvalue weighted by molar-refractivity contribution is 5.83. The summed E-state index contributed by atoms with van der Waals surface area (Å²) in [6, 6.07) is -2.04. The Labute approximate surface area is 104 Å². The van der Waals surface area contributed by atoms with E-state index in [0.29, 0.717) is 0 Å². The minimum atomic E-state index is -1.03. The number of urea groups is 1. The summed E-state index contributed by atoms with van der Waals surface area (Å²) in [4.78, 5) is 33.4. The molecule has 1 heterocycles. The van der Waals surface area contributed by atoms with E-state index in [9.17, 15) is 14.4 Å². The number of carboxylic acid groups (broad SMARTS) is 1. The molecule has 0 aliphatic carbocycles. The Kier molecular flexibility index (Phi) is 4.90. The molecular weight excluding hydrogens is 244 g/mol. The highest BCUT2D eigenvalue weighted by atomic mass is 16.5. The molecule has 1 rings (SSSR count). The van der Waals surface area contributed by atoms with Gasteiger partial charge in [0, 0.05) is 0 Å². The molecule has 0 aromatic carbocycles. The number of carbonyl (C=O) groups is 3. The molecule has 18 heavy (non-hydrogen) atoms. The van der Waals surface area contributed by atoms with Crippen molar-refractivity contribution in [3.05, 3.63) is 0 Å². The summed E-state index contributed by atoms with van der Waals surface area (Å²) in [6.45, 7) is 1.66. The Morgan fingerprint density at radius 2 is 2.06 bits per heavy atom. The van der Waals surface area contributed by atoms with E-state index >= 15 is 0 Å². The first-order valence-electron chi connectivity index (χ1n) is 5.41. The molecule has 3 unspecified atom stereocenters. The van der Waals surface area contributed by atoms with Crippen LogP contribution in [0.15, 0.2) is 0 Å². The number of aliphatic carboxylic acids is 1. The first-order valence-corrected chi connectivity index (χ1v) is 5.41. The number of nitrogens with one attached hydrogen (secondary N) is 2. The van der Waals surface area contributed by atoms with Crippen molar-refractivity contribution in [3.63, 3.8) is 0 Å². The van der Waals surface area contributed by atoms with Gasteiger partial charge in [-0.05, 0) is 6.92 Å². The van der Waals surface area contributed by atoms with Gasteiger partial charge in [-0.25, -0.2) is 9.59 Å². The van der Waals surface area contributed by atoms with Crippen molar-refractivity contribution in [1.82, 2.24) is 10.6 Å². The molecule has 1 aliphatic rings. The molecule has 1 saturated heterocycles. The average Bonchev–Trinajstić information content (AvgIpc) is 2.75. The smallest absolute Gasteiger partial charge is 0.328 e. The van der Waals surface area contributed by atoms with Crippen LogP contribution in [0.2, 0.25) is 0 Å². The number of rotatable bonds is 4. The molecule has 2 amide bonds. The Hall–Kier alpha value is -1.83. The van der Waals surface area contributed by atoms with Gasteiger partial charge in [0.15, 0.2) is 0 Å². The molecular formula is C10H16N2O6. The van der Waals surface area contributed by atoms with Crippen LogP contribution in [0.25, 0.3) is 0 Å². The van der Waals surface area contributed by atoms with E-state index in [4.69, 9.17) is 9.84 Å². The van der Waals surface area contributed by atoms with Gasteiger partial charge in [0.25, 0.3) is 0 Å². The zero-order chi connectivity index (χ0) is 13.7. The fourth-order valence-corrected chi connectivity index (χ4v) is 1.58. The lowest BCUT2D eigenvalue weighted by atomic mass is 10.0. The second-order valence-corrected chi connectivity index (χ2v) is 3.95. The zero-order valence-corrected chi connectivity index (χ0v) is 10.1. The summed E-state index contributed by atoms with van der Waals surface area (Å²) < 4.78 is 9.43. The second kappa shape index (κ2) is 6.20. The van der Waals surface area contributed by atoms with E-state index in [2.05, 4.69) is 15.4 Å². The third-order valence-electron chi connectivity index (χ3n) is 2.62. The summed E-state index contributed by atoms with van der Waals surface area (Å²) in [7, 11) is 1.21. The lowest BCUT2D eigenvalue weighted by molar-refractivity contribution is -0.143. The highest BCUT2D eigenvalue weighted by Gasteiger charge is 2.35. The van der Waals surface area contributed by atoms with E-state index < -0.39 is 36.0 Å². The molecule has 3 N–H and O–H groups in total. The van der Waals surface area contributed by atoms with Gasteiger partial charge in [-0.15, -0.1) is 0 Å². The topological polar surface area (TPSA) is 114 Å². The first kappa shape index (κ1) is 14.2. The maximum atomic E-state index is 11.5. The number of methoxy groups -OCH3 is 1. The fourth-order valence-electron chi connectivity index (χ4n) is 1.58. The molecule has 1 aliphatic heterocycles. The van der Waals surface area contributed by atoms with Crippen LogP contribution in [0.1, 0.15) is 6.92 Å². The molecule has 1 fully saturated rings. The minimum absolute atomic E-state index is 0.0623. The summed E-state index contributed by atoms with van der Waals surface area (Å²) in [6.07, 6.45) is 0. The highest BCUT2D eigenvalue weighted by Crippen LogP contribution is 2.13. The van der Waals surface area contributed by atoms with Crippen molar-refractivity contribution in [2.45, 2.75) is 19.0 Å². The van der Waals surface area contributed by atoms with Gasteiger partial charge >= 0.3 is 18.0 Å². The first-order chi connectivity index (χ1) is 8.45. The lowest BCUT2D eigenvalue weighted by Gasteiger charge is -2.18. The van der Waals surface area contributed by atoms with Gasteiger partial charge < -0.3 is 25.2 Å². The molecule has 0 bridgehead atoms. The molecule has 3 atom stereocenters. The lowest BCUT2D eigenvalue weighted by Crippen LogP contribution is -2.51. The average molecular weight is 260 g/mol. The second-order valence-electron chi connectivity index (χ2n) is 3.95. The quantitative estimate of drug-likeness (QED) is 0.555. The number of ether oxygens (including phenoxy) is 2. The van der Waals surface area contributed by atoms with E-state index in [1.807, 2.05) is 0 Å². The monoisotopic (exact) mass is 260 g/mol. The van der Waals surface area contributed by atoms with Gasteiger partial charge in [0.05, 0.1) is 26.4 Å². The molecule has 0 aromatic heterocycles. The number of carboxylic acids is 1. The van der Waals surface area contributed by atoms with Crippen LogP contribution in [0.3, 0.4) is 0 Å². The van der Waals surface area contributed by atoms with Crippen LogP contribution in [0.4, 0.5) is 4.79 Å². The normalized spacial score (nSPS) is 24.1. The van der Waals surface area contributed by atoms with Crippen LogP contribution >= 0.6 is 0 Å². The van der Waals surface area contributed by atoms with Crippen LogP contribution in [-0.4, -0.2) is 55.5 Å². The largest absolute Gasteiger partial charge is 0.481 e. The molecule has 0 spiro atoms. The van der Waals surface area contributed by atoms with Crippen molar-refractivity contribution in [2.75, 3.05) is 20.3 Å². The molecule has 8 nitrogen and oxygen atoms in total.